The Morgan fingerprint density at radius 2 is 2.18 bits per heavy atom. The van der Waals surface area contributed by atoms with Crippen molar-refractivity contribution >= 4 is 0 Å². The van der Waals surface area contributed by atoms with E-state index in [1.165, 1.54) is 24.0 Å². The molecule has 1 aliphatic rings. The number of rotatable bonds is 8. The molecule has 0 radical (unpaired) electrons. The molecule has 17 heavy (non-hydrogen) atoms. The molecular formula is C15H21NO. The fourth-order valence-corrected chi connectivity index (χ4v) is 1.74. The molecule has 0 aromatic heterocycles. The second kappa shape index (κ2) is 6.58. The first kappa shape index (κ1) is 12.3. The fourth-order valence-electron chi connectivity index (χ4n) is 1.74. The first-order valence-corrected chi connectivity index (χ1v) is 6.38. The third-order valence-corrected chi connectivity index (χ3v) is 2.90. The summed E-state index contributed by atoms with van der Waals surface area (Å²) in [6.07, 6.45) is 5.48. The van der Waals surface area contributed by atoms with Crippen LogP contribution >= 0.6 is 0 Å². The van der Waals surface area contributed by atoms with E-state index in [-0.39, 0.29) is 0 Å². The van der Waals surface area contributed by atoms with Crippen molar-refractivity contribution in [3.8, 4) is 0 Å². The molecule has 1 saturated carbocycles. The maximum atomic E-state index is 5.56. The number of hydrogen-bond donors (Lipinski definition) is 1. The minimum Gasteiger partial charge on any atom is -0.376 e. The quantitative estimate of drug-likeness (QED) is 0.548. The Morgan fingerprint density at radius 1 is 1.35 bits per heavy atom. The molecule has 0 aliphatic heterocycles. The minimum atomic E-state index is 0.700. The Balaban J connectivity index is 1.75. The van der Waals surface area contributed by atoms with Gasteiger partial charge in [-0.05, 0) is 30.4 Å². The van der Waals surface area contributed by atoms with Gasteiger partial charge in [-0.15, -0.1) is 6.58 Å². The lowest BCUT2D eigenvalue weighted by Crippen LogP contribution is -2.15. The van der Waals surface area contributed by atoms with E-state index < -0.39 is 0 Å². The number of hydrogen-bond acceptors (Lipinski definition) is 2. The standard InChI is InChI=1S/C15H21NO/c1-2-3-9-17-12-14-6-4-5-13(10-14)11-16-15-7-8-15/h2,4-6,10,15-16H,1,3,7-9,11-12H2. The first-order valence-electron chi connectivity index (χ1n) is 6.38. The summed E-state index contributed by atoms with van der Waals surface area (Å²) in [5.41, 5.74) is 2.60. The van der Waals surface area contributed by atoms with Gasteiger partial charge in [-0.1, -0.05) is 30.3 Å². The van der Waals surface area contributed by atoms with Gasteiger partial charge in [0.2, 0.25) is 0 Å². The van der Waals surface area contributed by atoms with Crippen LogP contribution in [-0.2, 0) is 17.9 Å². The van der Waals surface area contributed by atoms with Gasteiger partial charge in [-0.3, -0.25) is 0 Å². The summed E-state index contributed by atoms with van der Waals surface area (Å²) in [6.45, 7) is 6.11. The molecule has 1 aromatic carbocycles. The largest absolute Gasteiger partial charge is 0.376 e. The molecule has 92 valence electrons. The van der Waals surface area contributed by atoms with Gasteiger partial charge in [-0.25, -0.2) is 0 Å². The lowest BCUT2D eigenvalue weighted by Gasteiger charge is -2.07. The highest BCUT2D eigenvalue weighted by Crippen LogP contribution is 2.19. The van der Waals surface area contributed by atoms with Crippen LogP contribution in [0.3, 0.4) is 0 Å². The Bertz CT molecular complexity index is 358. The molecule has 0 saturated heterocycles. The van der Waals surface area contributed by atoms with Crippen LogP contribution < -0.4 is 5.32 Å². The zero-order chi connectivity index (χ0) is 11.9. The Kier molecular flexibility index (Phi) is 4.77. The third-order valence-electron chi connectivity index (χ3n) is 2.90. The fraction of sp³-hybridized carbons (Fsp3) is 0.467. The second-order valence-electron chi connectivity index (χ2n) is 4.61. The van der Waals surface area contributed by atoms with Crippen LogP contribution in [0.15, 0.2) is 36.9 Å². The van der Waals surface area contributed by atoms with Crippen LogP contribution in [0.2, 0.25) is 0 Å². The summed E-state index contributed by atoms with van der Waals surface area (Å²) in [7, 11) is 0. The lowest BCUT2D eigenvalue weighted by atomic mass is 10.1. The monoisotopic (exact) mass is 231 g/mol. The predicted molar refractivity (Wildman–Crippen MR) is 70.8 cm³/mol. The maximum absolute atomic E-state index is 5.56. The third kappa shape index (κ3) is 4.72. The molecular weight excluding hydrogens is 210 g/mol. The molecule has 1 fully saturated rings. The van der Waals surface area contributed by atoms with Crippen LogP contribution in [-0.4, -0.2) is 12.6 Å². The van der Waals surface area contributed by atoms with Crippen LogP contribution in [0.25, 0.3) is 0 Å². The first-order chi connectivity index (χ1) is 8.38. The zero-order valence-corrected chi connectivity index (χ0v) is 10.3. The van der Waals surface area contributed by atoms with Gasteiger partial charge in [0, 0.05) is 12.6 Å². The van der Waals surface area contributed by atoms with E-state index in [0.717, 1.165) is 25.6 Å². The number of ether oxygens (including phenoxy) is 1. The molecule has 2 nitrogen and oxygen atoms in total. The van der Waals surface area contributed by atoms with E-state index in [9.17, 15) is 0 Å². The van der Waals surface area contributed by atoms with Crippen LogP contribution in [0.5, 0.6) is 0 Å². The molecule has 0 unspecified atom stereocenters. The molecule has 2 rings (SSSR count). The highest BCUT2D eigenvalue weighted by molar-refractivity contribution is 5.23. The van der Waals surface area contributed by atoms with Crippen molar-refractivity contribution in [2.45, 2.75) is 38.5 Å². The summed E-state index contributed by atoms with van der Waals surface area (Å²) in [6, 6.07) is 9.39. The van der Waals surface area contributed by atoms with E-state index >= 15 is 0 Å². The number of nitrogens with one attached hydrogen (secondary N) is 1. The molecule has 1 aromatic rings. The average molecular weight is 231 g/mol. The van der Waals surface area contributed by atoms with Crippen molar-refractivity contribution in [2.24, 2.45) is 0 Å². The van der Waals surface area contributed by atoms with E-state index in [2.05, 4.69) is 36.2 Å². The van der Waals surface area contributed by atoms with Gasteiger partial charge >= 0.3 is 0 Å². The van der Waals surface area contributed by atoms with Gasteiger partial charge in [0.15, 0.2) is 0 Å². The van der Waals surface area contributed by atoms with E-state index in [0.29, 0.717) is 6.61 Å². The van der Waals surface area contributed by atoms with Crippen molar-refractivity contribution in [2.75, 3.05) is 6.61 Å². The van der Waals surface area contributed by atoms with Crippen LogP contribution in [0, 0.1) is 0 Å². The van der Waals surface area contributed by atoms with E-state index in [1.54, 1.807) is 0 Å². The van der Waals surface area contributed by atoms with Crippen molar-refractivity contribution < 1.29 is 4.74 Å². The van der Waals surface area contributed by atoms with E-state index in [4.69, 9.17) is 4.74 Å². The van der Waals surface area contributed by atoms with Crippen molar-refractivity contribution in [3.05, 3.63) is 48.0 Å². The summed E-state index contributed by atoms with van der Waals surface area (Å²) in [4.78, 5) is 0. The Hall–Kier alpha value is -1.12. The van der Waals surface area contributed by atoms with Crippen LogP contribution in [0.4, 0.5) is 0 Å². The van der Waals surface area contributed by atoms with Gasteiger partial charge in [-0.2, -0.15) is 0 Å². The highest BCUT2D eigenvalue weighted by Gasteiger charge is 2.19. The highest BCUT2D eigenvalue weighted by atomic mass is 16.5. The van der Waals surface area contributed by atoms with E-state index in [1.807, 2.05) is 6.08 Å². The number of benzene rings is 1. The van der Waals surface area contributed by atoms with Crippen molar-refractivity contribution in [1.82, 2.24) is 5.32 Å². The second-order valence-corrected chi connectivity index (χ2v) is 4.61. The van der Waals surface area contributed by atoms with Gasteiger partial charge in [0.05, 0.1) is 13.2 Å². The Labute approximate surface area is 104 Å². The maximum Gasteiger partial charge on any atom is 0.0717 e. The molecule has 0 heterocycles. The molecule has 1 N–H and O–H groups in total. The molecule has 1 aliphatic carbocycles. The lowest BCUT2D eigenvalue weighted by molar-refractivity contribution is 0.125. The SMILES string of the molecule is C=CCCOCc1cccc(CNC2CC2)c1. The molecule has 0 atom stereocenters. The molecule has 0 amide bonds. The summed E-state index contributed by atoms with van der Waals surface area (Å²) >= 11 is 0. The topological polar surface area (TPSA) is 21.3 Å². The molecule has 0 spiro atoms. The van der Waals surface area contributed by atoms with Gasteiger partial charge in [0.1, 0.15) is 0 Å². The summed E-state index contributed by atoms with van der Waals surface area (Å²) in [5.74, 6) is 0. The zero-order valence-electron chi connectivity index (χ0n) is 10.3. The average Bonchev–Trinajstić information content (AvgIpc) is 3.17. The summed E-state index contributed by atoms with van der Waals surface area (Å²) < 4.78 is 5.56. The smallest absolute Gasteiger partial charge is 0.0717 e. The normalized spacial score (nSPS) is 14.8. The van der Waals surface area contributed by atoms with Crippen LogP contribution in [0.1, 0.15) is 30.4 Å². The van der Waals surface area contributed by atoms with Gasteiger partial charge < -0.3 is 10.1 Å². The van der Waals surface area contributed by atoms with Crippen molar-refractivity contribution in [1.29, 1.82) is 0 Å². The predicted octanol–water partition coefficient (Wildman–Crippen LogP) is 3.03. The summed E-state index contributed by atoms with van der Waals surface area (Å²) in [5, 5.41) is 3.52. The van der Waals surface area contributed by atoms with Crippen molar-refractivity contribution in [3.63, 3.8) is 0 Å². The Morgan fingerprint density at radius 3 is 2.94 bits per heavy atom. The molecule has 0 bridgehead atoms. The van der Waals surface area contributed by atoms with Gasteiger partial charge in [0.25, 0.3) is 0 Å². The molecule has 2 heteroatoms. The minimum absolute atomic E-state index is 0.700.